The average Bonchev–Trinajstić information content (AvgIpc) is 2.93. The summed E-state index contributed by atoms with van der Waals surface area (Å²) in [5, 5.41) is 2.93. The second kappa shape index (κ2) is 13.9. The minimum Gasteiger partial charge on any atom is -0.352 e. The van der Waals surface area contributed by atoms with Crippen molar-refractivity contribution >= 4 is 27.5 Å². The van der Waals surface area contributed by atoms with Crippen LogP contribution >= 0.6 is 0 Å². The summed E-state index contributed by atoms with van der Waals surface area (Å²) in [5.74, 6) is -1.15. The second-order valence-electron chi connectivity index (χ2n) is 10.4. The SMILES string of the molecule is CC[C@H](C)NC(=O)[C@@H](Cc1ccccc1)N(Cc1cccc(C)c1)C(=O)CN(c1cccc(C(F)(F)F)c1)S(C)(=O)=O. The maximum atomic E-state index is 14.1. The highest BCUT2D eigenvalue weighted by Crippen LogP contribution is 2.32. The van der Waals surface area contributed by atoms with E-state index in [2.05, 4.69) is 5.32 Å². The van der Waals surface area contributed by atoms with Gasteiger partial charge < -0.3 is 10.2 Å². The number of amides is 2. The first-order valence-electron chi connectivity index (χ1n) is 13.5. The van der Waals surface area contributed by atoms with E-state index in [1.54, 1.807) is 6.07 Å². The minimum absolute atomic E-state index is 0.0217. The van der Waals surface area contributed by atoms with Crippen LogP contribution in [0.25, 0.3) is 0 Å². The van der Waals surface area contributed by atoms with Gasteiger partial charge in [0.2, 0.25) is 21.8 Å². The number of hydrogen-bond donors (Lipinski definition) is 1. The molecule has 0 saturated carbocycles. The molecule has 2 atom stereocenters. The Labute approximate surface area is 245 Å². The number of hydrogen-bond acceptors (Lipinski definition) is 4. The number of carbonyl (C=O) groups is 2. The molecule has 226 valence electrons. The molecule has 3 rings (SSSR count). The fourth-order valence-corrected chi connectivity index (χ4v) is 5.29. The second-order valence-corrected chi connectivity index (χ2v) is 12.3. The van der Waals surface area contributed by atoms with Crippen LogP contribution in [0, 0.1) is 6.92 Å². The molecule has 0 saturated heterocycles. The molecule has 0 unspecified atom stereocenters. The Morgan fingerprint density at radius 2 is 1.57 bits per heavy atom. The fraction of sp³-hybridized carbons (Fsp3) is 0.355. The zero-order valence-electron chi connectivity index (χ0n) is 24.1. The van der Waals surface area contributed by atoms with E-state index in [-0.39, 0.29) is 24.7 Å². The first-order valence-corrected chi connectivity index (χ1v) is 15.4. The standard InChI is InChI=1S/C31H36F3N3O4S/c1-5-23(3)35-30(39)28(18-24-12-7-6-8-13-24)36(20-25-14-9-11-22(2)17-25)29(38)21-37(42(4,40)41)27-16-10-15-26(19-27)31(32,33)34/h6-17,19,23,28H,5,18,20-21H2,1-4H3,(H,35,39)/t23-,28+/m0/s1. The Balaban J connectivity index is 2.09. The van der Waals surface area contributed by atoms with E-state index >= 15 is 0 Å². The van der Waals surface area contributed by atoms with Crippen LogP contribution in [0.1, 0.15) is 42.5 Å². The lowest BCUT2D eigenvalue weighted by atomic mass is 10.0. The van der Waals surface area contributed by atoms with Crippen molar-refractivity contribution in [2.75, 3.05) is 17.1 Å². The molecule has 11 heteroatoms. The van der Waals surface area contributed by atoms with Crippen molar-refractivity contribution in [3.63, 3.8) is 0 Å². The van der Waals surface area contributed by atoms with Crippen LogP contribution in [0.4, 0.5) is 18.9 Å². The molecule has 0 bridgehead atoms. The highest BCUT2D eigenvalue weighted by atomic mass is 32.2. The summed E-state index contributed by atoms with van der Waals surface area (Å²) in [6.45, 7) is 4.81. The van der Waals surface area contributed by atoms with Crippen LogP contribution < -0.4 is 9.62 Å². The number of nitrogens with one attached hydrogen (secondary N) is 1. The molecule has 0 aliphatic rings. The van der Waals surface area contributed by atoms with Gasteiger partial charge in [-0.3, -0.25) is 13.9 Å². The van der Waals surface area contributed by atoms with Gasteiger partial charge in [-0.15, -0.1) is 0 Å². The maximum Gasteiger partial charge on any atom is 0.416 e. The highest BCUT2D eigenvalue weighted by Gasteiger charge is 2.35. The van der Waals surface area contributed by atoms with E-state index < -0.39 is 46.2 Å². The molecule has 0 aliphatic carbocycles. The maximum absolute atomic E-state index is 14.1. The monoisotopic (exact) mass is 603 g/mol. The molecule has 1 N–H and O–H groups in total. The topological polar surface area (TPSA) is 86.8 Å². The smallest absolute Gasteiger partial charge is 0.352 e. The van der Waals surface area contributed by atoms with Gasteiger partial charge in [-0.05, 0) is 49.6 Å². The Morgan fingerprint density at radius 1 is 0.929 bits per heavy atom. The Kier molecular flexibility index (Phi) is 10.8. The number of benzene rings is 3. The van der Waals surface area contributed by atoms with Crippen LogP contribution in [-0.4, -0.2) is 50.0 Å². The average molecular weight is 604 g/mol. The van der Waals surface area contributed by atoms with Gasteiger partial charge in [-0.1, -0.05) is 73.2 Å². The molecule has 3 aromatic carbocycles. The van der Waals surface area contributed by atoms with E-state index in [1.807, 2.05) is 69.3 Å². The first kappa shape index (κ1) is 32.7. The van der Waals surface area contributed by atoms with Crippen LogP contribution in [0.2, 0.25) is 0 Å². The Hall–Kier alpha value is -3.86. The summed E-state index contributed by atoms with van der Waals surface area (Å²) in [5.41, 5.74) is 1.06. The number of halogens is 3. The number of alkyl halides is 3. The lowest BCUT2D eigenvalue weighted by Gasteiger charge is -2.34. The summed E-state index contributed by atoms with van der Waals surface area (Å²) in [4.78, 5) is 29.0. The van der Waals surface area contributed by atoms with Crippen molar-refractivity contribution in [2.45, 2.75) is 58.4 Å². The van der Waals surface area contributed by atoms with Crippen LogP contribution in [0.3, 0.4) is 0 Å². The van der Waals surface area contributed by atoms with Gasteiger partial charge >= 0.3 is 6.18 Å². The van der Waals surface area contributed by atoms with Gasteiger partial charge in [0.1, 0.15) is 12.6 Å². The van der Waals surface area contributed by atoms with Gasteiger partial charge in [0, 0.05) is 19.0 Å². The molecule has 2 amide bonds. The lowest BCUT2D eigenvalue weighted by Crippen LogP contribution is -2.54. The fourth-order valence-electron chi connectivity index (χ4n) is 4.45. The van der Waals surface area contributed by atoms with Gasteiger partial charge in [-0.25, -0.2) is 8.42 Å². The van der Waals surface area contributed by atoms with Crippen molar-refractivity contribution in [2.24, 2.45) is 0 Å². The number of carbonyl (C=O) groups excluding carboxylic acids is 2. The van der Waals surface area contributed by atoms with Crippen molar-refractivity contribution in [3.8, 4) is 0 Å². The number of sulfonamides is 1. The summed E-state index contributed by atoms with van der Waals surface area (Å²) in [7, 11) is -4.20. The van der Waals surface area contributed by atoms with Crippen molar-refractivity contribution in [1.29, 1.82) is 0 Å². The molecule has 0 heterocycles. The first-order chi connectivity index (χ1) is 19.7. The molecule has 0 radical (unpaired) electrons. The molecular weight excluding hydrogens is 567 g/mol. The predicted octanol–water partition coefficient (Wildman–Crippen LogP) is 5.33. The van der Waals surface area contributed by atoms with Crippen LogP contribution in [0.5, 0.6) is 0 Å². The zero-order chi connectivity index (χ0) is 31.1. The molecule has 0 aliphatic heterocycles. The van der Waals surface area contributed by atoms with Crippen molar-refractivity contribution in [1.82, 2.24) is 10.2 Å². The largest absolute Gasteiger partial charge is 0.416 e. The van der Waals surface area contributed by atoms with E-state index in [4.69, 9.17) is 0 Å². The zero-order valence-corrected chi connectivity index (χ0v) is 24.9. The molecule has 0 fully saturated rings. The Morgan fingerprint density at radius 3 is 2.17 bits per heavy atom. The number of anilines is 1. The number of aryl methyl sites for hydroxylation is 1. The number of rotatable bonds is 12. The number of nitrogens with zero attached hydrogens (tertiary/aromatic N) is 2. The third-order valence-electron chi connectivity index (χ3n) is 6.85. The predicted molar refractivity (Wildman–Crippen MR) is 157 cm³/mol. The van der Waals surface area contributed by atoms with Crippen LogP contribution in [0.15, 0.2) is 78.9 Å². The molecule has 0 spiro atoms. The molecule has 42 heavy (non-hydrogen) atoms. The van der Waals surface area contributed by atoms with Crippen molar-refractivity contribution < 1.29 is 31.2 Å². The van der Waals surface area contributed by atoms with Crippen molar-refractivity contribution in [3.05, 3.63) is 101 Å². The van der Waals surface area contributed by atoms with Gasteiger partial charge in [-0.2, -0.15) is 13.2 Å². The molecular formula is C31H36F3N3O4S. The minimum atomic E-state index is -4.71. The van der Waals surface area contributed by atoms with Crippen LogP contribution in [-0.2, 0) is 38.8 Å². The summed E-state index contributed by atoms with van der Waals surface area (Å²) in [6, 6.07) is 19.0. The summed E-state index contributed by atoms with van der Waals surface area (Å²) in [6.07, 6.45) is -3.10. The summed E-state index contributed by atoms with van der Waals surface area (Å²) >= 11 is 0. The van der Waals surface area contributed by atoms with E-state index in [1.165, 1.54) is 11.0 Å². The van der Waals surface area contributed by atoms with Gasteiger partial charge in [0.25, 0.3) is 0 Å². The third-order valence-corrected chi connectivity index (χ3v) is 7.99. The van der Waals surface area contributed by atoms with E-state index in [9.17, 15) is 31.2 Å². The lowest BCUT2D eigenvalue weighted by molar-refractivity contribution is -0.140. The molecule has 3 aromatic rings. The van der Waals surface area contributed by atoms with E-state index in [0.717, 1.165) is 29.5 Å². The van der Waals surface area contributed by atoms with Gasteiger partial charge in [0.05, 0.1) is 17.5 Å². The molecule has 7 nitrogen and oxygen atoms in total. The van der Waals surface area contributed by atoms with E-state index in [0.29, 0.717) is 22.4 Å². The highest BCUT2D eigenvalue weighted by molar-refractivity contribution is 7.92. The normalized spacial score (nSPS) is 13.2. The Bertz CT molecular complexity index is 1480. The third kappa shape index (κ3) is 9.07. The quantitative estimate of drug-likeness (QED) is 0.303. The van der Waals surface area contributed by atoms with Gasteiger partial charge in [0.15, 0.2) is 0 Å². The summed E-state index contributed by atoms with van der Waals surface area (Å²) < 4.78 is 66.6. The molecule has 0 aromatic heterocycles.